The van der Waals surface area contributed by atoms with Crippen LogP contribution < -0.4 is 0 Å². The van der Waals surface area contributed by atoms with E-state index in [1.165, 1.54) is 11.1 Å². The minimum atomic E-state index is -1.34. The molecule has 0 radical (unpaired) electrons. The van der Waals surface area contributed by atoms with Crippen molar-refractivity contribution in [1.29, 1.82) is 0 Å². The van der Waals surface area contributed by atoms with E-state index in [0.29, 0.717) is 6.54 Å². The number of carbonyl (C=O) groups is 1. The zero-order valence-electron chi connectivity index (χ0n) is 13.9. The maximum atomic E-state index is 12.1. The average molecular weight is 336 g/mol. The van der Waals surface area contributed by atoms with Crippen LogP contribution in [0, 0.1) is 0 Å². The van der Waals surface area contributed by atoms with E-state index in [0.717, 1.165) is 5.56 Å². The Labute approximate surface area is 140 Å². The monoisotopic (exact) mass is 336 g/mol. The van der Waals surface area contributed by atoms with Crippen molar-refractivity contribution in [1.82, 2.24) is 4.90 Å². The Hall–Kier alpha value is -1.95. The third-order valence-electron chi connectivity index (χ3n) is 2.81. The number of ether oxygens (including phenoxy) is 1. The first-order valence-electron chi connectivity index (χ1n) is 7.35. The number of amides is 1. The van der Waals surface area contributed by atoms with Crippen molar-refractivity contribution in [2.45, 2.75) is 32.1 Å². The van der Waals surface area contributed by atoms with Crippen LogP contribution in [0.4, 0.5) is 4.79 Å². The van der Waals surface area contributed by atoms with Crippen LogP contribution >= 0.6 is 0 Å². The molecule has 126 valence electrons. The van der Waals surface area contributed by atoms with Gasteiger partial charge in [-0.05, 0) is 26.3 Å². The van der Waals surface area contributed by atoms with Crippen LogP contribution in [0.25, 0.3) is 0 Å². The quantitative estimate of drug-likeness (QED) is 0.567. The molecule has 0 N–H and O–H groups in total. The van der Waals surface area contributed by atoms with Crippen LogP contribution in [-0.2, 0) is 22.3 Å². The van der Waals surface area contributed by atoms with Crippen LogP contribution in [0.2, 0.25) is 0 Å². The molecule has 0 aliphatic carbocycles. The molecule has 0 spiro atoms. The lowest BCUT2D eigenvalue weighted by molar-refractivity contribution is 0.105. The standard InChI is InChI=1S/C17H24N2O3S/c1-5-12-19(13-11-18-23(21)17(2,3)4)16(20)22-14-15-9-7-6-8-10-15/h5-11H,1,12-14H2,2-4H3/b18-11+/t23-/m0/s1. The van der Waals surface area contributed by atoms with Crippen molar-refractivity contribution in [3.8, 4) is 0 Å². The van der Waals surface area contributed by atoms with E-state index in [9.17, 15) is 9.00 Å². The van der Waals surface area contributed by atoms with Gasteiger partial charge >= 0.3 is 6.09 Å². The highest BCUT2D eigenvalue weighted by Crippen LogP contribution is 2.11. The van der Waals surface area contributed by atoms with Crippen LogP contribution in [-0.4, -0.2) is 39.3 Å². The summed E-state index contributed by atoms with van der Waals surface area (Å²) in [7, 11) is -1.34. The molecule has 1 amide bonds. The van der Waals surface area contributed by atoms with Crippen molar-refractivity contribution in [2.75, 3.05) is 13.1 Å². The molecular weight excluding hydrogens is 312 g/mol. The van der Waals surface area contributed by atoms with Gasteiger partial charge in [-0.15, -0.1) is 6.58 Å². The van der Waals surface area contributed by atoms with Crippen LogP contribution in [0.1, 0.15) is 26.3 Å². The summed E-state index contributed by atoms with van der Waals surface area (Å²) in [4.78, 5) is 13.5. The molecule has 6 heteroatoms. The van der Waals surface area contributed by atoms with Crippen molar-refractivity contribution in [2.24, 2.45) is 4.40 Å². The highest BCUT2D eigenvalue weighted by atomic mass is 32.2. The van der Waals surface area contributed by atoms with Gasteiger partial charge in [0.05, 0.1) is 11.3 Å². The van der Waals surface area contributed by atoms with Crippen molar-refractivity contribution in [3.05, 3.63) is 48.6 Å². The minimum absolute atomic E-state index is 0.207. The van der Waals surface area contributed by atoms with Crippen LogP contribution in [0.5, 0.6) is 0 Å². The lowest BCUT2D eigenvalue weighted by Gasteiger charge is -2.19. The number of benzene rings is 1. The summed E-state index contributed by atoms with van der Waals surface area (Å²) in [6, 6.07) is 9.46. The molecule has 0 aliphatic heterocycles. The van der Waals surface area contributed by atoms with E-state index in [2.05, 4.69) is 11.0 Å². The SMILES string of the molecule is C=CCN(C/C=N/[S@@](=O)C(C)(C)C)C(=O)OCc1ccccc1. The molecule has 1 aromatic carbocycles. The third-order valence-corrected chi connectivity index (χ3v) is 4.20. The van der Waals surface area contributed by atoms with Gasteiger partial charge in [0.1, 0.15) is 17.6 Å². The van der Waals surface area contributed by atoms with E-state index in [-0.39, 0.29) is 13.2 Å². The summed E-state index contributed by atoms with van der Waals surface area (Å²) in [5.74, 6) is 0. The molecule has 1 atom stereocenters. The number of nitrogens with zero attached hydrogens (tertiary/aromatic N) is 2. The summed E-state index contributed by atoms with van der Waals surface area (Å²) in [6.07, 6.45) is 2.63. The Balaban J connectivity index is 2.56. The van der Waals surface area contributed by atoms with Crippen LogP contribution in [0.3, 0.4) is 0 Å². The van der Waals surface area contributed by atoms with E-state index in [4.69, 9.17) is 4.74 Å². The first-order chi connectivity index (χ1) is 10.8. The Bertz CT molecular complexity index is 565. The Morgan fingerprint density at radius 2 is 1.96 bits per heavy atom. The van der Waals surface area contributed by atoms with E-state index in [1.807, 2.05) is 51.1 Å². The van der Waals surface area contributed by atoms with E-state index < -0.39 is 21.8 Å². The van der Waals surface area contributed by atoms with Crippen molar-refractivity contribution < 1.29 is 13.7 Å². The maximum Gasteiger partial charge on any atom is 0.410 e. The second kappa shape index (κ2) is 9.25. The zero-order chi connectivity index (χ0) is 17.3. The van der Waals surface area contributed by atoms with Gasteiger partial charge in [0.25, 0.3) is 0 Å². The largest absolute Gasteiger partial charge is 0.445 e. The number of hydrogen-bond donors (Lipinski definition) is 0. The molecule has 0 saturated carbocycles. The van der Waals surface area contributed by atoms with Crippen molar-refractivity contribution >= 4 is 23.3 Å². The molecule has 5 nitrogen and oxygen atoms in total. The lowest BCUT2D eigenvalue weighted by Crippen LogP contribution is -2.33. The molecule has 0 aromatic heterocycles. The molecule has 0 aliphatic rings. The topological polar surface area (TPSA) is 59.0 Å². The molecule has 0 unspecified atom stereocenters. The lowest BCUT2D eigenvalue weighted by atomic mass is 10.2. The fourth-order valence-electron chi connectivity index (χ4n) is 1.55. The van der Waals surface area contributed by atoms with Crippen molar-refractivity contribution in [3.63, 3.8) is 0 Å². The Morgan fingerprint density at radius 3 is 2.52 bits per heavy atom. The average Bonchev–Trinajstić information content (AvgIpc) is 2.51. The second-order valence-corrected chi connectivity index (χ2v) is 7.82. The van der Waals surface area contributed by atoms with Gasteiger partial charge < -0.3 is 4.74 Å². The van der Waals surface area contributed by atoms with Gasteiger partial charge in [-0.25, -0.2) is 9.00 Å². The number of carbonyl (C=O) groups excluding carboxylic acids is 1. The highest BCUT2D eigenvalue weighted by Gasteiger charge is 2.18. The molecule has 23 heavy (non-hydrogen) atoms. The summed E-state index contributed by atoms with van der Waals surface area (Å²) in [5, 5.41) is 0. The van der Waals surface area contributed by atoms with E-state index in [1.54, 1.807) is 6.08 Å². The van der Waals surface area contributed by atoms with Gasteiger partial charge in [-0.2, -0.15) is 4.40 Å². The summed E-state index contributed by atoms with van der Waals surface area (Å²) in [6.45, 7) is 9.93. The number of rotatable bonds is 7. The fraction of sp³-hybridized carbons (Fsp3) is 0.412. The zero-order valence-corrected chi connectivity index (χ0v) is 14.7. The molecule has 1 aromatic rings. The first kappa shape index (κ1) is 19.1. The number of hydrogen-bond acceptors (Lipinski definition) is 3. The smallest absolute Gasteiger partial charge is 0.410 e. The highest BCUT2D eigenvalue weighted by molar-refractivity contribution is 7.85. The second-order valence-electron chi connectivity index (χ2n) is 5.88. The molecule has 0 fully saturated rings. The summed E-state index contributed by atoms with van der Waals surface area (Å²) < 4.78 is 20.7. The summed E-state index contributed by atoms with van der Waals surface area (Å²) in [5.41, 5.74) is 0.918. The first-order valence-corrected chi connectivity index (χ1v) is 8.46. The molecule has 0 bridgehead atoms. The minimum Gasteiger partial charge on any atom is -0.445 e. The van der Waals surface area contributed by atoms with Gasteiger partial charge in [0.15, 0.2) is 0 Å². The van der Waals surface area contributed by atoms with Gasteiger partial charge in [-0.3, -0.25) is 4.90 Å². The molecule has 0 heterocycles. The predicted molar refractivity (Wildman–Crippen MR) is 94.8 cm³/mol. The van der Waals surface area contributed by atoms with Crippen LogP contribution in [0.15, 0.2) is 47.4 Å². The molecule has 1 rings (SSSR count). The normalized spacial score (nSPS) is 12.8. The Kier molecular flexibility index (Phi) is 7.68. The predicted octanol–water partition coefficient (Wildman–Crippen LogP) is 3.34. The van der Waals surface area contributed by atoms with Gasteiger partial charge in [0.2, 0.25) is 0 Å². The maximum absolute atomic E-state index is 12.1. The third kappa shape index (κ3) is 7.23. The summed E-state index contributed by atoms with van der Waals surface area (Å²) >= 11 is 0. The fourth-order valence-corrected chi connectivity index (χ4v) is 2.07. The van der Waals surface area contributed by atoms with Gasteiger partial charge in [-0.1, -0.05) is 36.4 Å². The Morgan fingerprint density at radius 1 is 1.30 bits per heavy atom. The van der Waals surface area contributed by atoms with E-state index >= 15 is 0 Å². The molecule has 0 saturated heterocycles. The van der Waals surface area contributed by atoms with Gasteiger partial charge in [0, 0.05) is 12.8 Å². The molecular formula is C17H24N2O3S.